The van der Waals surface area contributed by atoms with Gasteiger partial charge in [-0.2, -0.15) is 0 Å². The number of carbonyl (C=O) groups is 1. The molecule has 5 heteroatoms. The molecule has 0 aromatic heterocycles. The van der Waals surface area contributed by atoms with E-state index in [1.165, 1.54) is 16.3 Å². The average molecular weight is 461 g/mol. The number of hydrogen-bond donors (Lipinski definition) is 1. The van der Waals surface area contributed by atoms with Crippen LogP contribution in [-0.2, 0) is 16.0 Å². The maximum Gasteiger partial charge on any atom is 0.310 e. The zero-order valence-corrected chi connectivity index (χ0v) is 20.7. The first kappa shape index (κ1) is 24.1. The second kappa shape index (κ2) is 10.9. The lowest BCUT2D eigenvalue weighted by Gasteiger charge is -2.24. The first-order chi connectivity index (χ1) is 16.4. The van der Waals surface area contributed by atoms with Gasteiger partial charge in [0.05, 0.1) is 19.1 Å². The molecule has 0 bridgehead atoms. The average Bonchev–Trinajstić information content (AvgIpc) is 3.28. The topological polar surface area (TPSA) is 50.8 Å². The summed E-state index contributed by atoms with van der Waals surface area (Å²) < 4.78 is 11.2. The van der Waals surface area contributed by atoms with Crippen LogP contribution in [0.4, 0.5) is 5.69 Å². The highest BCUT2D eigenvalue weighted by Crippen LogP contribution is 2.31. The Morgan fingerprint density at radius 1 is 1.09 bits per heavy atom. The summed E-state index contributed by atoms with van der Waals surface area (Å²) in [6.07, 6.45) is 1.34. The maximum absolute atomic E-state index is 12.0. The van der Waals surface area contributed by atoms with E-state index in [9.17, 15) is 4.79 Å². The lowest BCUT2D eigenvalue weighted by molar-refractivity contribution is -0.142. The SMILES string of the molecule is CCOC(=O)Cc1ccc(N2CC[C@H](N[C@H](C)c3cccc4ccccc34)C2)cc1OC(C)C. The van der Waals surface area contributed by atoms with Crippen molar-refractivity contribution >= 4 is 22.4 Å². The molecule has 3 aromatic carbocycles. The van der Waals surface area contributed by atoms with Crippen molar-refractivity contribution in [2.75, 3.05) is 24.6 Å². The maximum atomic E-state index is 12.0. The number of rotatable bonds is 9. The van der Waals surface area contributed by atoms with Crippen molar-refractivity contribution in [3.63, 3.8) is 0 Å². The van der Waals surface area contributed by atoms with Crippen LogP contribution in [0.15, 0.2) is 60.7 Å². The Hall–Kier alpha value is -3.05. The Kier molecular flexibility index (Phi) is 7.73. The lowest BCUT2D eigenvalue weighted by atomic mass is 9.99. The van der Waals surface area contributed by atoms with Gasteiger partial charge in [-0.25, -0.2) is 0 Å². The normalized spacial score (nSPS) is 16.7. The van der Waals surface area contributed by atoms with Crippen LogP contribution in [0.2, 0.25) is 0 Å². The molecule has 1 heterocycles. The quantitative estimate of drug-likeness (QED) is 0.418. The Balaban J connectivity index is 1.45. The van der Waals surface area contributed by atoms with Crippen LogP contribution in [-0.4, -0.2) is 37.8 Å². The van der Waals surface area contributed by atoms with Gasteiger partial charge in [0.15, 0.2) is 0 Å². The van der Waals surface area contributed by atoms with Gasteiger partial charge in [0.2, 0.25) is 0 Å². The highest BCUT2D eigenvalue weighted by molar-refractivity contribution is 5.86. The molecule has 1 N–H and O–H groups in total. The molecule has 4 rings (SSSR count). The number of fused-ring (bicyclic) bond motifs is 1. The number of esters is 1. The number of nitrogens with zero attached hydrogens (tertiary/aromatic N) is 1. The highest BCUT2D eigenvalue weighted by atomic mass is 16.5. The summed E-state index contributed by atoms with van der Waals surface area (Å²) in [4.78, 5) is 14.4. The number of benzene rings is 3. The largest absolute Gasteiger partial charge is 0.491 e. The van der Waals surface area contributed by atoms with Crippen molar-refractivity contribution in [1.82, 2.24) is 5.32 Å². The van der Waals surface area contributed by atoms with E-state index < -0.39 is 0 Å². The summed E-state index contributed by atoms with van der Waals surface area (Å²) in [5.74, 6) is 0.540. The van der Waals surface area contributed by atoms with Crippen LogP contribution in [0.5, 0.6) is 5.75 Å². The van der Waals surface area contributed by atoms with E-state index in [0.717, 1.165) is 36.5 Å². The molecular weight excluding hydrogens is 424 g/mol. The van der Waals surface area contributed by atoms with Gasteiger partial charge in [0.25, 0.3) is 0 Å². The Bertz CT molecular complexity index is 1120. The van der Waals surface area contributed by atoms with Crippen LogP contribution < -0.4 is 15.0 Å². The minimum absolute atomic E-state index is 0.0331. The van der Waals surface area contributed by atoms with Crippen LogP contribution in [0.3, 0.4) is 0 Å². The van der Waals surface area contributed by atoms with Crippen molar-refractivity contribution in [3.8, 4) is 5.75 Å². The third-order valence-electron chi connectivity index (χ3n) is 6.38. The summed E-state index contributed by atoms with van der Waals surface area (Å²) in [6, 6.07) is 22.0. The minimum Gasteiger partial charge on any atom is -0.491 e. The van der Waals surface area contributed by atoms with Crippen molar-refractivity contribution in [3.05, 3.63) is 71.8 Å². The Labute approximate surface area is 203 Å². The van der Waals surface area contributed by atoms with Gasteiger partial charge < -0.3 is 19.7 Å². The fraction of sp³-hybridized carbons (Fsp3) is 0.414. The molecule has 1 aliphatic rings. The van der Waals surface area contributed by atoms with Crippen LogP contribution >= 0.6 is 0 Å². The van der Waals surface area contributed by atoms with E-state index in [0.29, 0.717) is 12.6 Å². The lowest BCUT2D eigenvalue weighted by Crippen LogP contribution is -2.34. The third-order valence-corrected chi connectivity index (χ3v) is 6.38. The Morgan fingerprint density at radius 2 is 1.88 bits per heavy atom. The molecule has 1 aliphatic heterocycles. The van der Waals surface area contributed by atoms with Gasteiger partial charge in [0.1, 0.15) is 5.75 Å². The molecule has 0 amide bonds. The molecule has 34 heavy (non-hydrogen) atoms. The molecular formula is C29H36N2O3. The highest BCUT2D eigenvalue weighted by Gasteiger charge is 2.25. The van der Waals surface area contributed by atoms with Crippen molar-refractivity contribution in [1.29, 1.82) is 0 Å². The third kappa shape index (κ3) is 5.71. The Morgan fingerprint density at radius 3 is 2.68 bits per heavy atom. The number of carbonyl (C=O) groups excluding carboxylic acids is 1. The molecule has 0 spiro atoms. The molecule has 0 aliphatic carbocycles. The standard InChI is InChI=1S/C29H36N2O3/c1-5-33-29(32)17-23-13-14-25(18-28(23)34-20(2)3)31-16-15-24(19-31)30-21(4)26-12-8-10-22-9-6-7-11-27(22)26/h6-14,18,20-21,24,30H,5,15-17,19H2,1-4H3/t21-,24+/m1/s1. The molecule has 1 fully saturated rings. The van der Waals surface area contributed by atoms with Gasteiger partial charge in [-0.05, 0) is 56.5 Å². The van der Waals surface area contributed by atoms with Gasteiger partial charge in [-0.15, -0.1) is 0 Å². The molecule has 5 nitrogen and oxygen atoms in total. The predicted molar refractivity (Wildman–Crippen MR) is 139 cm³/mol. The second-order valence-electron chi connectivity index (χ2n) is 9.33. The van der Waals surface area contributed by atoms with Crippen molar-refractivity contribution < 1.29 is 14.3 Å². The van der Waals surface area contributed by atoms with E-state index in [4.69, 9.17) is 9.47 Å². The number of ether oxygens (including phenoxy) is 2. The van der Waals surface area contributed by atoms with Crippen LogP contribution in [0.25, 0.3) is 10.8 Å². The minimum atomic E-state index is -0.225. The summed E-state index contributed by atoms with van der Waals surface area (Å²) in [5.41, 5.74) is 3.34. The summed E-state index contributed by atoms with van der Waals surface area (Å²) in [7, 11) is 0. The van der Waals surface area contributed by atoms with Gasteiger partial charge in [-0.3, -0.25) is 4.79 Å². The van der Waals surface area contributed by atoms with E-state index in [1.54, 1.807) is 0 Å². The summed E-state index contributed by atoms with van der Waals surface area (Å²) in [6.45, 7) is 10.4. The number of hydrogen-bond acceptors (Lipinski definition) is 5. The summed E-state index contributed by atoms with van der Waals surface area (Å²) >= 11 is 0. The fourth-order valence-electron chi connectivity index (χ4n) is 4.82. The molecule has 2 atom stereocenters. The fourth-order valence-corrected chi connectivity index (χ4v) is 4.82. The number of nitrogens with one attached hydrogen (secondary N) is 1. The van der Waals surface area contributed by atoms with Gasteiger partial charge >= 0.3 is 5.97 Å². The zero-order valence-electron chi connectivity index (χ0n) is 20.7. The predicted octanol–water partition coefficient (Wildman–Crippen LogP) is 5.66. The first-order valence-corrected chi connectivity index (χ1v) is 12.4. The van der Waals surface area contributed by atoms with Crippen LogP contribution in [0.1, 0.15) is 51.3 Å². The second-order valence-corrected chi connectivity index (χ2v) is 9.33. The van der Waals surface area contributed by atoms with Gasteiger partial charge in [0, 0.05) is 42.5 Å². The van der Waals surface area contributed by atoms with E-state index >= 15 is 0 Å². The van der Waals surface area contributed by atoms with E-state index in [-0.39, 0.29) is 24.5 Å². The van der Waals surface area contributed by atoms with Crippen LogP contribution in [0, 0.1) is 0 Å². The van der Waals surface area contributed by atoms with Crippen molar-refractivity contribution in [2.45, 2.75) is 58.7 Å². The zero-order chi connectivity index (χ0) is 24.1. The molecule has 0 radical (unpaired) electrons. The molecule has 3 aromatic rings. The van der Waals surface area contributed by atoms with E-state index in [1.807, 2.05) is 26.8 Å². The monoisotopic (exact) mass is 460 g/mol. The smallest absolute Gasteiger partial charge is 0.310 e. The molecule has 0 unspecified atom stereocenters. The number of anilines is 1. The molecule has 180 valence electrons. The first-order valence-electron chi connectivity index (χ1n) is 12.4. The van der Waals surface area contributed by atoms with Gasteiger partial charge in [-0.1, -0.05) is 48.5 Å². The van der Waals surface area contributed by atoms with Crippen molar-refractivity contribution in [2.24, 2.45) is 0 Å². The molecule has 1 saturated heterocycles. The van der Waals surface area contributed by atoms with E-state index in [2.05, 4.69) is 71.7 Å². The summed E-state index contributed by atoms with van der Waals surface area (Å²) in [5, 5.41) is 6.44. The molecule has 0 saturated carbocycles.